The van der Waals surface area contributed by atoms with Gasteiger partial charge in [-0.25, -0.2) is 0 Å². The first-order valence-electron chi connectivity index (χ1n) is 5.96. The Bertz CT molecular complexity index is 336. The third-order valence-corrected chi connectivity index (χ3v) is 2.80. The third-order valence-electron chi connectivity index (χ3n) is 2.80. The molecule has 1 aliphatic rings. The van der Waals surface area contributed by atoms with E-state index in [0.717, 1.165) is 36.8 Å². The molecule has 0 saturated carbocycles. The lowest BCUT2D eigenvalue weighted by molar-refractivity contribution is -0.130. The van der Waals surface area contributed by atoms with Gasteiger partial charge in [-0.1, -0.05) is 11.6 Å². The minimum Gasteiger partial charge on any atom is -0.382 e. The summed E-state index contributed by atoms with van der Waals surface area (Å²) in [5.41, 5.74) is 1.92. The summed E-state index contributed by atoms with van der Waals surface area (Å²) in [6, 6.07) is 0. The van der Waals surface area contributed by atoms with Crippen molar-refractivity contribution in [1.82, 2.24) is 0 Å². The monoisotopic (exact) mass is 222 g/mol. The van der Waals surface area contributed by atoms with Crippen LogP contribution in [0.15, 0.2) is 22.8 Å². The van der Waals surface area contributed by atoms with E-state index in [1.807, 2.05) is 13.8 Å². The minimum absolute atomic E-state index is 0.111. The van der Waals surface area contributed by atoms with Crippen LogP contribution in [0.1, 0.15) is 53.4 Å². The molecule has 2 heteroatoms. The molecule has 0 unspecified atom stereocenters. The third kappa shape index (κ3) is 3.31. The molecule has 0 atom stereocenters. The zero-order valence-corrected chi connectivity index (χ0v) is 10.8. The molecule has 0 aromatic heterocycles. The van der Waals surface area contributed by atoms with Gasteiger partial charge < -0.3 is 5.11 Å². The topological polar surface area (TPSA) is 37.3 Å². The Labute approximate surface area is 98.1 Å². The zero-order chi connectivity index (χ0) is 12.3. The Kier molecular flexibility index (Phi) is 4.09. The maximum Gasteiger partial charge on any atom is 0.190 e. The first kappa shape index (κ1) is 13.2. The van der Waals surface area contributed by atoms with Gasteiger partial charge in [0.05, 0.1) is 0 Å². The second-order valence-electron chi connectivity index (χ2n) is 5.32. The smallest absolute Gasteiger partial charge is 0.190 e. The van der Waals surface area contributed by atoms with Crippen molar-refractivity contribution in [1.29, 1.82) is 0 Å². The molecule has 0 aliphatic heterocycles. The standard InChI is InChI=1S/C14H22O2/c1-10(2)9-11-7-5-6-8-12(11)13(15)14(3,4)16/h9,16H,5-8H2,1-4H3. The van der Waals surface area contributed by atoms with Crippen LogP contribution in [0.5, 0.6) is 0 Å². The van der Waals surface area contributed by atoms with Gasteiger partial charge in [-0.2, -0.15) is 0 Å². The molecular formula is C14H22O2. The highest BCUT2D eigenvalue weighted by Crippen LogP contribution is 2.29. The van der Waals surface area contributed by atoms with Crippen molar-refractivity contribution in [3.8, 4) is 0 Å². The number of rotatable bonds is 3. The lowest BCUT2D eigenvalue weighted by atomic mass is 9.84. The molecule has 1 N–H and O–H groups in total. The van der Waals surface area contributed by atoms with E-state index in [2.05, 4.69) is 6.08 Å². The molecule has 0 amide bonds. The molecule has 90 valence electrons. The van der Waals surface area contributed by atoms with Crippen molar-refractivity contribution in [2.24, 2.45) is 0 Å². The van der Waals surface area contributed by atoms with Crippen LogP contribution in [0.4, 0.5) is 0 Å². The molecule has 2 nitrogen and oxygen atoms in total. The summed E-state index contributed by atoms with van der Waals surface area (Å²) in [5.74, 6) is -0.111. The highest BCUT2D eigenvalue weighted by molar-refractivity contribution is 6.02. The molecule has 16 heavy (non-hydrogen) atoms. The van der Waals surface area contributed by atoms with Crippen LogP contribution in [-0.4, -0.2) is 16.5 Å². The highest BCUT2D eigenvalue weighted by Gasteiger charge is 2.29. The summed E-state index contributed by atoms with van der Waals surface area (Å²) in [5, 5.41) is 9.79. The van der Waals surface area contributed by atoms with Crippen molar-refractivity contribution >= 4 is 5.78 Å². The van der Waals surface area contributed by atoms with Gasteiger partial charge in [0.2, 0.25) is 0 Å². The number of Topliss-reactive ketones (excluding diaryl/α,β-unsaturated/α-hetero) is 1. The maximum absolute atomic E-state index is 12.1. The second-order valence-corrected chi connectivity index (χ2v) is 5.32. The van der Waals surface area contributed by atoms with Gasteiger partial charge in [0.1, 0.15) is 5.60 Å². The Morgan fingerprint density at radius 2 is 1.81 bits per heavy atom. The van der Waals surface area contributed by atoms with Crippen LogP contribution < -0.4 is 0 Å². The summed E-state index contributed by atoms with van der Waals surface area (Å²) in [4.78, 5) is 12.1. The summed E-state index contributed by atoms with van der Waals surface area (Å²) in [6.07, 6.45) is 6.04. The van der Waals surface area contributed by atoms with Gasteiger partial charge in [-0.15, -0.1) is 0 Å². The number of aliphatic hydroxyl groups is 1. The van der Waals surface area contributed by atoms with Crippen molar-refractivity contribution in [2.45, 2.75) is 59.0 Å². The van der Waals surface area contributed by atoms with Gasteiger partial charge in [-0.3, -0.25) is 4.79 Å². The number of carbonyl (C=O) groups is 1. The van der Waals surface area contributed by atoms with E-state index < -0.39 is 5.60 Å². The molecule has 0 aromatic carbocycles. The van der Waals surface area contributed by atoms with Crippen LogP contribution in [-0.2, 0) is 4.79 Å². The van der Waals surface area contributed by atoms with E-state index in [9.17, 15) is 9.90 Å². The molecule has 0 heterocycles. The normalized spacial score (nSPS) is 17.3. The summed E-state index contributed by atoms with van der Waals surface area (Å²) in [6.45, 7) is 7.20. The quantitative estimate of drug-likeness (QED) is 0.796. The highest BCUT2D eigenvalue weighted by atomic mass is 16.3. The molecule has 0 spiro atoms. The lowest BCUT2D eigenvalue weighted by Gasteiger charge is -2.23. The van der Waals surface area contributed by atoms with E-state index in [1.165, 1.54) is 5.57 Å². The van der Waals surface area contributed by atoms with E-state index >= 15 is 0 Å². The first-order valence-corrected chi connectivity index (χ1v) is 5.96. The molecule has 0 bridgehead atoms. The number of allylic oxidation sites excluding steroid dienone is 3. The predicted molar refractivity (Wildman–Crippen MR) is 66.2 cm³/mol. The number of carbonyl (C=O) groups excluding carboxylic acids is 1. The Hall–Kier alpha value is -0.890. The minimum atomic E-state index is -1.24. The largest absolute Gasteiger partial charge is 0.382 e. The lowest BCUT2D eigenvalue weighted by Crippen LogP contribution is -2.33. The summed E-state index contributed by atoms with van der Waals surface area (Å²) >= 11 is 0. The van der Waals surface area contributed by atoms with Crippen molar-refractivity contribution < 1.29 is 9.90 Å². The number of ketones is 1. The first-order chi connectivity index (χ1) is 7.32. The molecule has 0 radical (unpaired) electrons. The van der Waals surface area contributed by atoms with E-state index in [1.54, 1.807) is 13.8 Å². The summed E-state index contributed by atoms with van der Waals surface area (Å²) in [7, 11) is 0. The van der Waals surface area contributed by atoms with Crippen LogP contribution in [0.3, 0.4) is 0 Å². The molecule has 1 rings (SSSR count). The molecular weight excluding hydrogens is 200 g/mol. The van der Waals surface area contributed by atoms with Crippen molar-refractivity contribution in [3.05, 3.63) is 22.8 Å². The zero-order valence-electron chi connectivity index (χ0n) is 10.8. The van der Waals surface area contributed by atoms with Gasteiger partial charge in [-0.05, 0) is 59.0 Å². The second kappa shape index (κ2) is 4.96. The molecule has 0 aromatic rings. The Morgan fingerprint density at radius 1 is 1.25 bits per heavy atom. The fraction of sp³-hybridized carbons (Fsp3) is 0.643. The van der Waals surface area contributed by atoms with Crippen LogP contribution >= 0.6 is 0 Å². The average molecular weight is 222 g/mol. The van der Waals surface area contributed by atoms with Gasteiger partial charge in [0, 0.05) is 5.57 Å². The van der Waals surface area contributed by atoms with Gasteiger partial charge in [0.25, 0.3) is 0 Å². The van der Waals surface area contributed by atoms with Crippen molar-refractivity contribution in [3.63, 3.8) is 0 Å². The fourth-order valence-corrected chi connectivity index (χ4v) is 2.07. The van der Waals surface area contributed by atoms with Gasteiger partial charge >= 0.3 is 0 Å². The predicted octanol–water partition coefficient (Wildman–Crippen LogP) is 3.16. The fourth-order valence-electron chi connectivity index (χ4n) is 2.07. The van der Waals surface area contributed by atoms with Crippen LogP contribution in [0.25, 0.3) is 0 Å². The van der Waals surface area contributed by atoms with E-state index in [4.69, 9.17) is 0 Å². The average Bonchev–Trinajstić information content (AvgIpc) is 2.15. The summed E-state index contributed by atoms with van der Waals surface area (Å²) < 4.78 is 0. The Morgan fingerprint density at radius 3 is 2.31 bits per heavy atom. The maximum atomic E-state index is 12.1. The van der Waals surface area contributed by atoms with Crippen molar-refractivity contribution in [2.75, 3.05) is 0 Å². The SMILES string of the molecule is CC(C)=CC1=C(C(=O)C(C)(C)O)CCCC1. The Balaban J connectivity index is 3.09. The molecule has 0 saturated heterocycles. The van der Waals surface area contributed by atoms with Crippen LogP contribution in [0, 0.1) is 0 Å². The van der Waals surface area contributed by atoms with Gasteiger partial charge in [0.15, 0.2) is 5.78 Å². The molecule has 0 fully saturated rings. The number of hydrogen-bond acceptors (Lipinski definition) is 2. The molecule has 1 aliphatic carbocycles. The van der Waals surface area contributed by atoms with Crippen LogP contribution in [0.2, 0.25) is 0 Å². The number of hydrogen-bond donors (Lipinski definition) is 1. The van der Waals surface area contributed by atoms with E-state index in [-0.39, 0.29) is 5.78 Å². The van der Waals surface area contributed by atoms with E-state index in [0.29, 0.717) is 0 Å².